The maximum absolute atomic E-state index is 12.2. The molecule has 5 aromatic carbocycles. The van der Waals surface area contributed by atoms with Crippen molar-refractivity contribution in [2.45, 2.75) is 37.4 Å². The van der Waals surface area contributed by atoms with E-state index in [0.717, 1.165) is 38.9 Å². The Hall–Kier alpha value is -6.55. The highest BCUT2D eigenvalue weighted by molar-refractivity contribution is 5.99. The SMILES string of the molecule is CCCc1nc(C(=O)O)c(C(=O)O)n1Cc1ccc(-c2ccccc2C2(C(c3ccccc3)(c3ccccc3)c3ccccc3)N=NN=N2)cc1. The average molecular weight is 675 g/mol. The van der Waals surface area contributed by atoms with Gasteiger partial charge < -0.3 is 14.8 Å². The Labute approximate surface area is 294 Å². The number of aryl methyl sites for hydroxylation is 1. The van der Waals surface area contributed by atoms with Crippen LogP contribution >= 0.6 is 0 Å². The molecule has 1 aliphatic heterocycles. The van der Waals surface area contributed by atoms with Gasteiger partial charge in [-0.25, -0.2) is 14.6 Å². The Morgan fingerprint density at radius 2 is 1.18 bits per heavy atom. The Balaban J connectivity index is 1.40. The van der Waals surface area contributed by atoms with Crippen LogP contribution in [0.4, 0.5) is 0 Å². The van der Waals surface area contributed by atoms with Crippen molar-refractivity contribution in [1.82, 2.24) is 9.55 Å². The second kappa shape index (κ2) is 13.8. The number of aromatic nitrogens is 2. The van der Waals surface area contributed by atoms with Crippen LogP contribution in [0.1, 0.15) is 68.0 Å². The summed E-state index contributed by atoms with van der Waals surface area (Å²) >= 11 is 0. The number of hydrogen-bond donors (Lipinski definition) is 2. The van der Waals surface area contributed by atoms with Crippen molar-refractivity contribution in [2.75, 3.05) is 0 Å². The minimum Gasteiger partial charge on any atom is -0.476 e. The molecule has 2 N–H and O–H groups in total. The summed E-state index contributed by atoms with van der Waals surface area (Å²) in [6.07, 6.45) is 1.12. The number of carboxylic acids is 2. The fourth-order valence-corrected chi connectivity index (χ4v) is 7.28. The topological polar surface area (TPSA) is 142 Å². The molecule has 2 heterocycles. The van der Waals surface area contributed by atoms with Crippen molar-refractivity contribution in [3.63, 3.8) is 0 Å². The van der Waals surface area contributed by atoms with Crippen LogP contribution in [0.25, 0.3) is 11.1 Å². The van der Waals surface area contributed by atoms with Gasteiger partial charge in [0.15, 0.2) is 11.4 Å². The zero-order valence-electron chi connectivity index (χ0n) is 27.8. The molecule has 1 aliphatic rings. The van der Waals surface area contributed by atoms with E-state index < -0.39 is 28.7 Å². The van der Waals surface area contributed by atoms with Crippen molar-refractivity contribution in [3.05, 3.63) is 185 Å². The lowest BCUT2D eigenvalue weighted by atomic mass is 9.59. The normalized spacial score (nSPS) is 13.4. The predicted molar refractivity (Wildman–Crippen MR) is 192 cm³/mol. The Kier molecular flexibility index (Phi) is 8.89. The first kappa shape index (κ1) is 33.0. The molecule has 0 radical (unpaired) electrons. The summed E-state index contributed by atoms with van der Waals surface area (Å²) in [5.74, 6) is -2.29. The molecule has 0 amide bonds. The van der Waals surface area contributed by atoms with Crippen LogP contribution in [0.5, 0.6) is 0 Å². The van der Waals surface area contributed by atoms with Gasteiger partial charge in [0.05, 0.1) is 5.41 Å². The molecule has 0 aliphatic carbocycles. The van der Waals surface area contributed by atoms with Crippen molar-refractivity contribution < 1.29 is 19.8 Å². The first-order chi connectivity index (χ1) is 24.9. The van der Waals surface area contributed by atoms with Crippen LogP contribution in [0.15, 0.2) is 160 Å². The number of imidazole rings is 1. The number of nitrogens with zero attached hydrogens (tertiary/aromatic N) is 6. The molecule has 0 unspecified atom stereocenters. The molecule has 0 saturated heterocycles. The van der Waals surface area contributed by atoms with Crippen LogP contribution in [0, 0.1) is 0 Å². The molecule has 6 aromatic rings. The number of carboxylic acid groups (broad SMARTS) is 2. The average Bonchev–Trinajstić information content (AvgIpc) is 3.81. The zero-order valence-corrected chi connectivity index (χ0v) is 27.8. The minimum absolute atomic E-state index is 0.144. The van der Waals surface area contributed by atoms with E-state index in [9.17, 15) is 19.8 Å². The molecule has 7 rings (SSSR count). The van der Waals surface area contributed by atoms with E-state index in [1.807, 2.05) is 110 Å². The quantitative estimate of drug-likeness (QED) is 0.125. The van der Waals surface area contributed by atoms with Crippen LogP contribution in [0.2, 0.25) is 0 Å². The fraction of sp³-hybridized carbons (Fsp3) is 0.146. The van der Waals surface area contributed by atoms with E-state index in [-0.39, 0.29) is 12.2 Å². The highest BCUT2D eigenvalue weighted by Crippen LogP contribution is 2.58. The smallest absolute Gasteiger partial charge is 0.357 e. The molecular formula is C41H34N6O4. The van der Waals surface area contributed by atoms with Crippen molar-refractivity contribution >= 4 is 11.9 Å². The highest BCUT2D eigenvalue weighted by atomic mass is 16.4. The molecular weight excluding hydrogens is 640 g/mol. The largest absolute Gasteiger partial charge is 0.476 e. The van der Waals surface area contributed by atoms with Gasteiger partial charge in [0, 0.05) is 18.5 Å². The van der Waals surface area contributed by atoms with Crippen molar-refractivity contribution in [1.29, 1.82) is 0 Å². The highest BCUT2D eigenvalue weighted by Gasteiger charge is 2.60. The minimum atomic E-state index is -1.37. The predicted octanol–water partition coefficient (Wildman–Crippen LogP) is 8.97. The molecule has 1 aromatic heterocycles. The molecule has 0 bridgehead atoms. The van der Waals surface area contributed by atoms with Crippen LogP contribution < -0.4 is 0 Å². The Bertz CT molecular complexity index is 2140. The van der Waals surface area contributed by atoms with Gasteiger partial charge in [0.1, 0.15) is 5.82 Å². The molecule has 0 atom stereocenters. The van der Waals surface area contributed by atoms with Crippen LogP contribution in [-0.2, 0) is 24.0 Å². The zero-order chi connectivity index (χ0) is 35.4. The second-order valence-electron chi connectivity index (χ2n) is 12.3. The maximum Gasteiger partial charge on any atom is 0.357 e. The van der Waals surface area contributed by atoms with Gasteiger partial charge in [-0.15, -0.1) is 10.2 Å². The molecule has 0 saturated carbocycles. The fourth-order valence-electron chi connectivity index (χ4n) is 7.28. The van der Waals surface area contributed by atoms with Crippen LogP contribution in [0.3, 0.4) is 0 Å². The van der Waals surface area contributed by atoms with Gasteiger partial charge >= 0.3 is 11.9 Å². The molecule has 252 valence electrons. The van der Waals surface area contributed by atoms with Gasteiger partial charge in [-0.05, 0) is 50.2 Å². The Morgan fingerprint density at radius 1 is 0.667 bits per heavy atom. The van der Waals surface area contributed by atoms with Crippen molar-refractivity contribution in [3.8, 4) is 11.1 Å². The number of benzene rings is 5. The van der Waals surface area contributed by atoms with E-state index in [1.165, 1.54) is 4.57 Å². The lowest BCUT2D eigenvalue weighted by Crippen LogP contribution is -2.48. The van der Waals surface area contributed by atoms with E-state index >= 15 is 0 Å². The third-order valence-corrected chi connectivity index (χ3v) is 9.40. The van der Waals surface area contributed by atoms with Gasteiger partial charge in [-0.2, -0.15) is 0 Å². The number of hydrogen-bond acceptors (Lipinski definition) is 7. The maximum atomic E-state index is 12.2. The summed E-state index contributed by atoms with van der Waals surface area (Å²) in [4.78, 5) is 28.3. The standard InChI is InChI=1S/C41H34N6O4/c1-2-14-35-42-36(38(48)49)37(39(50)51)47(35)27-28-23-25-29(26-24-28)33-21-12-13-22-34(33)41(43-45-46-44-41)40(30-15-6-3-7-16-30,31-17-8-4-9-18-31)32-19-10-5-11-20-32/h3-13,15-26H,2,14,27H2,1H3,(H,48,49)(H,50,51). The molecule has 51 heavy (non-hydrogen) atoms. The van der Waals surface area contributed by atoms with Crippen molar-refractivity contribution in [2.24, 2.45) is 20.7 Å². The van der Waals surface area contributed by atoms with Gasteiger partial charge in [0.25, 0.3) is 0 Å². The summed E-state index contributed by atoms with van der Waals surface area (Å²) in [5.41, 5.74) is 3.05. The summed E-state index contributed by atoms with van der Waals surface area (Å²) in [5, 5.41) is 37.9. The Morgan fingerprint density at radius 3 is 1.67 bits per heavy atom. The second-order valence-corrected chi connectivity index (χ2v) is 12.3. The third kappa shape index (κ3) is 5.60. The van der Waals surface area contributed by atoms with Gasteiger partial charge in [-0.1, -0.05) is 146 Å². The van der Waals surface area contributed by atoms with Gasteiger partial charge in [-0.3, -0.25) is 0 Å². The molecule has 10 heteroatoms. The first-order valence-corrected chi connectivity index (χ1v) is 16.7. The van der Waals surface area contributed by atoms with E-state index in [4.69, 9.17) is 10.2 Å². The van der Waals surface area contributed by atoms with Gasteiger partial charge in [0.2, 0.25) is 5.66 Å². The molecule has 10 nitrogen and oxygen atoms in total. The summed E-state index contributed by atoms with van der Waals surface area (Å²) < 4.78 is 1.49. The monoisotopic (exact) mass is 674 g/mol. The number of carbonyl (C=O) groups is 2. The van der Waals surface area contributed by atoms with E-state index in [2.05, 4.69) is 51.8 Å². The van der Waals surface area contributed by atoms with Crippen LogP contribution in [-0.4, -0.2) is 31.7 Å². The number of aromatic carboxylic acids is 2. The summed E-state index contributed by atoms with van der Waals surface area (Å²) in [6, 6.07) is 46.3. The van der Waals surface area contributed by atoms with E-state index in [1.54, 1.807) is 0 Å². The third-order valence-electron chi connectivity index (χ3n) is 9.40. The lowest BCUT2D eigenvalue weighted by Gasteiger charge is -2.45. The van der Waals surface area contributed by atoms with E-state index in [0.29, 0.717) is 18.7 Å². The first-order valence-electron chi connectivity index (χ1n) is 16.7. The summed E-state index contributed by atoms with van der Waals surface area (Å²) in [7, 11) is 0. The number of rotatable bonds is 12. The molecule has 0 spiro atoms. The molecule has 0 fully saturated rings. The lowest BCUT2D eigenvalue weighted by molar-refractivity contribution is 0.0640. The summed E-state index contributed by atoms with van der Waals surface area (Å²) in [6.45, 7) is 2.08.